The molecule has 102 valence electrons. The molecule has 4 heteroatoms. The van der Waals surface area contributed by atoms with Crippen molar-refractivity contribution in [2.75, 3.05) is 11.9 Å². The van der Waals surface area contributed by atoms with Gasteiger partial charge >= 0.3 is 0 Å². The molecule has 0 spiro atoms. The fourth-order valence-corrected chi connectivity index (χ4v) is 4.20. The largest absolute Gasteiger partial charge is 0.482 e. The lowest BCUT2D eigenvalue weighted by atomic mass is 9.90. The number of hydrogen-bond donors (Lipinski definition) is 1. The van der Waals surface area contributed by atoms with Gasteiger partial charge in [0, 0.05) is 4.83 Å². The van der Waals surface area contributed by atoms with Crippen LogP contribution in [-0.4, -0.2) is 12.5 Å². The van der Waals surface area contributed by atoms with E-state index in [9.17, 15) is 4.79 Å². The maximum Gasteiger partial charge on any atom is 0.262 e. The molecule has 1 N–H and O–H groups in total. The first-order valence-corrected chi connectivity index (χ1v) is 7.77. The molecule has 0 bridgehead atoms. The van der Waals surface area contributed by atoms with Gasteiger partial charge in [-0.1, -0.05) is 41.8 Å². The van der Waals surface area contributed by atoms with E-state index in [0.717, 1.165) is 17.4 Å². The van der Waals surface area contributed by atoms with Crippen molar-refractivity contribution in [3.05, 3.63) is 23.8 Å². The van der Waals surface area contributed by atoms with Crippen LogP contribution in [0.4, 0.5) is 5.69 Å². The van der Waals surface area contributed by atoms with E-state index in [2.05, 4.69) is 34.2 Å². The van der Waals surface area contributed by atoms with E-state index in [0.29, 0.717) is 10.7 Å². The highest BCUT2D eigenvalue weighted by atomic mass is 79.9. The smallest absolute Gasteiger partial charge is 0.262 e. The number of amides is 1. The van der Waals surface area contributed by atoms with Gasteiger partial charge in [0.15, 0.2) is 6.61 Å². The number of hydrogen-bond acceptors (Lipinski definition) is 2. The molecule has 1 saturated carbocycles. The number of carbonyl (C=O) groups is 1. The SMILES string of the molecule is CC1CCCC1C(Br)c1ccc2c(c1)NC(=O)CO2. The predicted octanol–water partition coefficient (Wildman–Crippen LogP) is 3.89. The summed E-state index contributed by atoms with van der Waals surface area (Å²) in [4.78, 5) is 11.7. The van der Waals surface area contributed by atoms with E-state index in [4.69, 9.17) is 4.74 Å². The predicted molar refractivity (Wildman–Crippen MR) is 78.7 cm³/mol. The van der Waals surface area contributed by atoms with E-state index in [-0.39, 0.29) is 12.5 Å². The van der Waals surface area contributed by atoms with Crippen LogP contribution >= 0.6 is 15.9 Å². The third kappa shape index (κ3) is 2.50. The first kappa shape index (κ1) is 13.0. The van der Waals surface area contributed by atoms with E-state index >= 15 is 0 Å². The zero-order valence-corrected chi connectivity index (χ0v) is 12.6. The average molecular weight is 324 g/mol. The molecule has 3 unspecified atom stereocenters. The number of ether oxygens (including phenoxy) is 1. The van der Waals surface area contributed by atoms with Crippen LogP contribution in [0.25, 0.3) is 0 Å². The second-order valence-electron chi connectivity index (χ2n) is 5.57. The summed E-state index contributed by atoms with van der Waals surface area (Å²) in [6.07, 6.45) is 3.91. The van der Waals surface area contributed by atoms with Gasteiger partial charge in [-0.25, -0.2) is 0 Å². The summed E-state index contributed by atoms with van der Waals surface area (Å²) in [7, 11) is 0. The number of rotatable bonds is 2. The first-order valence-electron chi connectivity index (χ1n) is 6.86. The fraction of sp³-hybridized carbons (Fsp3) is 0.533. The summed E-state index contributed by atoms with van der Waals surface area (Å²) >= 11 is 3.84. The van der Waals surface area contributed by atoms with Gasteiger partial charge in [-0.3, -0.25) is 4.79 Å². The Balaban J connectivity index is 1.85. The minimum absolute atomic E-state index is 0.0787. The Bertz CT molecular complexity index is 503. The van der Waals surface area contributed by atoms with Gasteiger partial charge < -0.3 is 10.1 Å². The van der Waals surface area contributed by atoms with Gasteiger partial charge in [0.05, 0.1) is 5.69 Å². The van der Waals surface area contributed by atoms with Crippen LogP contribution in [0.3, 0.4) is 0 Å². The number of halogens is 1. The van der Waals surface area contributed by atoms with Crippen LogP contribution in [0.2, 0.25) is 0 Å². The molecule has 1 heterocycles. The molecule has 1 amide bonds. The van der Waals surface area contributed by atoms with Crippen LogP contribution in [-0.2, 0) is 4.79 Å². The molecule has 1 aliphatic heterocycles. The van der Waals surface area contributed by atoms with Crippen molar-refractivity contribution in [1.82, 2.24) is 0 Å². The first-order chi connectivity index (χ1) is 9.15. The number of anilines is 1. The van der Waals surface area contributed by atoms with Crippen molar-refractivity contribution in [3.63, 3.8) is 0 Å². The molecular weight excluding hydrogens is 306 g/mol. The summed E-state index contributed by atoms with van der Waals surface area (Å²) in [5.41, 5.74) is 2.02. The molecule has 1 fully saturated rings. The Morgan fingerprint density at radius 1 is 1.42 bits per heavy atom. The Morgan fingerprint density at radius 3 is 3.00 bits per heavy atom. The average Bonchev–Trinajstić information content (AvgIpc) is 2.83. The van der Waals surface area contributed by atoms with Crippen LogP contribution in [0.15, 0.2) is 18.2 Å². The summed E-state index contributed by atoms with van der Waals surface area (Å²) in [6, 6.07) is 6.09. The Labute approximate surface area is 121 Å². The van der Waals surface area contributed by atoms with Crippen molar-refractivity contribution >= 4 is 27.5 Å². The van der Waals surface area contributed by atoms with E-state index in [1.54, 1.807) is 0 Å². The number of alkyl halides is 1. The topological polar surface area (TPSA) is 38.3 Å². The zero-order chi connectivity index (χ0) is 13.4. The molecule has 0 saturated heterocycles. The summed E-state index contributed by atoms with van der Waals surface area (Å²) < 4.78 is 5.39. The highest BCUT2D eigenvalue weighted by Crippen LogP contribution is 2.45. The van der Waals surface area contributed by atoms with Crippen LogP contribution < -0.4 is 10.1 Å². The molecule has 1 aromatic rings. The van der Waals surface area contributed by atoms with Crippen molar-refractivity contribution in [2.24, 2.45) is 11.8 Å². The van der Waals surface area contributed by atoms with E-state index < -0.39 is 0 Å². The van der Waals surface area contributed by atoms with Gasteiger partial charge in [0.1, 0.15) is 5.75 Å². The molecule has 3 nitrogen and oxygen atoms in total. The molecule has 19 heavy (non-hydrogen) atoms. The summed E-state index contributed by atoms with van der Waals surface area (Å²) in [6.45, 7) is 2.44. The fourth-order valence-electron chi connectivity index (χ4n) is 3.13. The number of nitrogens with one attached hydrogen (secondary N) is 1. The van der Waals surface area contributed by atoms with Gasteiger partial charge in [-0.15, -0.1) is 0 Å². The standard InChI is InChI=1S/C15H18BrNO2/c1-9-3-2-4-11(9)15(16)10-5-6-13-12(7-10)17-14(18)8-19-13/h5-7,9,11,15H,2-4,8H2,1H3,(H,17,18). The Morgan fingerprint density at radius 2 is 2.26 bits per heavy atom. The monoisotopic (exact) mass is 323 g/mol. The van der Waals surface area contributed by atoms with Crippen molar-refractivity contribution in [1.29, 1.82) is 0 Å². The lowest BCUT2D eigenvalue weighted by Crippen LogP contribution is -2.25. The Kier molecular flexibility index (Phi) is 3.52. The maximum atomic E-state index is 11.4. The van der Waals surface area contributed by atoms with Crippen molar-refractivity contribution < 1.29 is 9.53 Å². The lowest BCUT2D eigenvalue weighted by molar-refractivity contribution is -0.118. The Hall–Kier alpha value is -1.03. The number of benzene rings is 1. The van der Waals surface area contributed by atoms with Crippen molar-refractivity contribution in [2.45, 2.75) is 31.0 Å². The maximum absolute atomic E-state index is 11.4. The molecular formula is C15H18BrNO2. The highest BCUT2D eigenvalue weighted by Gasteiger charge is 2.31. The third-order valence-electron chi connectivity index (χ3n) is 4.26. The summed E-state index contributed by atoms with van der Waals surface area (Å²) in [5.74, 6) is 2.12. The van der Waals surface area contributed by atoms with E-state index in [1.165, 1.54) is 24.8 Å². The minimum Gasteiger partial charge on any atom is -0.482 e. The second-order valence-corrected chi connectivity index (χ2v) is 6.55. The summed E-state index contributed by atoms with van der Waals surface area (Å²) in [5, 5.41) is 2.87. The van der Waals surface area contributed by atoms with Gasteiger partial charge in [-0.05, 0) is 36.0 Å². The number of fused-ring (bicyclic) bond motifs is 1. The normalized spacial score (nSPS) is 27.4. The molecule has 2 aliphatic rings. The molecule has 1 aromatic carbocycles. The van der Waals surface area contributed by atoms with Gasteiger partial charge in [-0.2, -0.15) is 0 Å². The zero-order valence-electron chi connectivity index (χ0n) is 11.0. The van der Waals surface area contributed by atoms with Gasteiger partial charge in [0.25, 0.3) is 5.91 Å². The molecule has 3 atom stereocenters. The molecule has 0 radical (unpaired) electrons. The second kappa shape index (κ2) is 5.16. The quantitative estimate of drug-likeness (QED) is 0.838. The van der Waals surface area contributed by atoms with E-state index in [1.807, 2.05) is 12.1 Å². The van der Waals surface area contributed by atoms with Crippen molar-refractivity contribution in [3.8, 4) is 5.75 Å². The number of carbonyl (C=O) groups excluding carboxylic acids is 1. The van der Waals surface area contributed by atoms with Crippen LogP contribution in [0.5, 0.6) is 5.75 Å². The minimum atomic E-state index is -0.0787. The van der Waals surface area contributed by atoms with Crippen LogP contribution in [0.1, 0.15) is 36.6 Å². The lowest BCUT2D eigenvalue weighted by Gasteiger charge is -2.24. The molecule has 3 rings (SSSR count). The highest BCUT2D eigenvalue weighted by molar-refractivity contribution is 9.09. The van der Waals surface area contributed by atoms with Gasteiger partial charge in [0.2, 0.25) is 0 Å². The molecule has 1 aliphatic carbocycles. The molecule has 0 aromatic heterocycles. The van der Waals surface area contributed by atoms with Crippen LogP contribution in [0, 0.1) is 11.8 Å². The third-order valence-corrected chi connectivity index (χ3v) is 5.47.